The number of methoxy groups -OCH3 is 1. The molecule has 12 heavy (non-hydrogen) atoms. The molecule has 0 fully saturated rings. The highest BCUT2D eigenvalue weighted by molar-refractivity contribution is 5.79. The van der Waals surface area contributed by atoms with Gasteiger partial charge in [0.2, 0.25) is 0 Å². The van der Waals surface area contributed by atoms with Crippen molar-refractivity contribution < 1.29 is 19.4 Å². The van der Waals surface area contributed by atoms with Gasteiger partial charge in [0.05, 0.1) is 13.7 Å². The summed E-state index contributed by atoms with van der Waals surface area (Å²) in [6.45, 7) is 2.84. The molecule has 0 aliphatic heterocycles. The van der Waals surface area contributed by atoms with Gasteiger partial charge in [0.15, 0.2) is 0 Å². The Kier molecular flexibility index (Phi) is 3.69. The minimum Gasteiger partial charge on any atom is -0.480 e. The lowest BCUT2D eigenvalue weighted by Gasteiger charge is -2.19. The van der Waals surface area contributed by atoms with Crippen molar-refractivity contribution >= 4 is 11.9 Å². The largest absolute Gasteiger partial charge is 0.480 e. The molecule has 0 aromatic rings. The highest BCUT2D eigenvalue weighted by Gasteiger charge is 2.26. The van der Waals surface area contributed by atoms with Crippen LogP contribution in [0.3, 0.4) is 0 Å². The van der Waals surface area contributed by atoms with E-state index >= 15 is 0 Å². The van der Waals surface area contributed by atoms with E-state index in [4.69, 9.17) is 5.11 Å². The van der Waals surface area contributed by atoms with Crippen LogP contribution in [0.15, 0.2) is 0 Å². The van der Waals surface area contributed by atoms with Crippen molar-refractivity contribution in [3.05, 3.63) is 0 Å². The van der Waals surface area contributed by atoms with Gasteiger partial charge in [-0.2, -0.15) is 0 Å². The van der Waals surface area contributed by atoms with Gasteiger partial charge in [-0.25, -0.2) is 0 Å². The van der Waals surface area contributed by atoms with Crippen molar-refractivity contribution in [3.63, 3.8) is 0 Å². The fourth-order valence-corrected chi connectivity index (χ4v) is 0.441. The number of ether oxygens (including phenoxy) is 1. The van der Waals surface area contributed by atoms with Crippen LogP contribution in [0.4, 0.5) is 0 Å². The number of carboxylic acids is 1. The van der Waals surface area contributed by atoms with Crippen molar-refractivity contribution in [1.82, 2.24) is 5.32 Å². The molecule has 0 amide bonds. The summed E-state index contributed by atoms with van der Waals surface area (Å²) in [7, 11) is 1.25. The molecule has 0 unspecified atom stereocenters. The molecular weight excluding hydrogens is 162 g/mol. The molecule has 5 heteroatoms. The minimum absolute atomic E-state index is 0.101. The Morgan fingerprint density at radius 1 is 1.50 bits per heavy atom. The average molecular weight is 175 g/mol. The molecule has 0 aliphatic rings. The smallest absolute Gasteiger partial charge is 0.323 e. The molecule has 0 saturated heterocycles. The van der Waals surface area contributed by atoms with Gasteiger partial charge in [0.1, 0.15) is 5.54 Å². The molecule has 70 valence electrons. The monoisotopic (exact) mass is 175 g/mol. The van der Waals surface area contributed by atoms with Crippen molar-refractivity contribution in [2.45, 2.75) is 19.4 Å². The Balaban J connectivity index is 3.92. The van der Waals surface area contributed by atoms with Gasteiger partial charge in [0, 0.05) is 0 Å². The molecule has 0 bridgehead atoms. The van der Waals surface area contributed by atoms with Gasteiger partial charge in [-0.1, -0.05) is 0 Å². The number of hydrogen-bond acceptors (Lipinski definition) is 4. The summed E-state index contributed by atoms with van der Waals surface area (Å²) < 4.78 is 4.33. The number of aliphatic carboxylic acids is 1. The van der Waals surface area contributed by atoms with Crippen LogP contribution in [0.1, 0.15) is 13.8 Å². The first-order chi connectivity index (χ1) is 5.40. The maximum atomic E-state index is 10.6. The molecular formula is C7H13NO4. The van der Waals surface area contributed by atoms with E-state index in [1.165, 1.54) is 21.0 Å². The maximum Gasteiger partial charge on any atom is 0.323 e. The molecule has 0 aromatic carbocycles. The molecule has 0 aliphatic carbocycles. The summed E-state index contributed by atoms with van der Waals surface area (Å²) in [6, 6.07) is 0. The second-order valence-electron chi connectivity index (χ2n) is 2.86. The summed E-state index contributed by atoms with van der Waals surface area (Å²) in [6.07, 6.45) is 0. The van der Waals surface area contributed by atoms with Crippen LogP contribution in [0.25, 0.3) is 0 Å². The predicted molar refractivity (Wildman–Crippen MR) is 41.7 cm³/mol. The van der Waals surface area contributed by atoms with Crippen LogP contribution in [0.5, 0.6) is 0 Å². The molecule has 0 radical (unpaired) electrons. The summed E-state index contributed by atoms with van der Waals surface area (Å²) >= 11 is 0. The zero-order valence-corrected chi connectivity index (χ0v) is 7.38. The first-order valence-electron chi connectivity index (χ1n) is 3.45. The predicted octanol–water partition coefficient (Wildman–Crippen LogP) is -0.388. The first kappa shape index (κ1) is 10.9. The van der Waals surface area contributed by atoms with Crippen LogP contribution in [0, 0.1) is 0 Å². The molecule has 0 saturated carbocycles. The van der Waals surface area contributed by atoms with E-state index in [1.54, 1.807) is 0 Å². The zero-order chi connectivity index (χ0) is 9.78. The van der Waals surface area contributed by atoms with Crippen LogP contribution < -0.4 is 5.32 Å². The van der Waals surface area contributed by atoms with E-state index in [0.29, 0.717) is 0 Å². The van der Waals surface area contributed by atoms with E-state index in [-0.39, 0.29) is 6.54 Å². The number of hydrogen-bond donors (Lipinski definition) is 2. The molecule has 0 rings (SSSR count). The van der Waals surface area contributed by atoms with Gasteiger partial charge in [-0.15, -0.1) is 0 Å². The zero-order valence-electron chi connectivity index (χ0n) is 7.38. The summed E-state index contributed by atoms with van der Waals surface area (Å²) in [5.41, 5.74) is -1.10. The van der Waals surface area contributed by atoms with E-state index in [2.05, 4.69) is 10.1 Å². The molecule has 0 spiro atoms. The van der Waals surface area contributed by atoms with Gasteiger partial charge in [-0.3, -0.25) is 14.9 Å². The lowest BCUT2D eigenvalue weighted by atomic mass is 10.1. The second-order valence-corrected chi connectivity index (χ2v) is 2.86. The lowest BCUT2D eigenvalue weighted by molar-refractivity contribution is -0.144. The van der Waals surface area contributed by atoms with Crippen molar-refractivity contribution in [2.75, 3.05) is 13.7 Å². The molecule has 5 nitrogen and oxygen atoms in total. The summed E-state index contributed by atoms with van der Waals surface area (Å²) in [5.74, 6) is -1.49. The van der Waals surface area contributed by atoms with E-state index in [0.717, 1.165) is 0 Å². The standard InChI is InChI=1S/C7H13NO4/c1-7(2,6(10)11)8-4-5(9)12-3/h8H,4H2,1-3H3,(H,10,11). The number of nitrogens with one attached hydrogen (secondary N) is 1. The molecule has 2 N–H and O–H groups in total. The van der Waals surface area contributed by atoms with E-state index < -0.39 is 17.5 Å². The van der Waals surface area contributed by atoms with Crippen molar-refractivity contribution in [3.8, 4) is 0 Å². The normalized spacial score (nSPS) is 10.9. The van der Waals surface area contributed by atoms with E-state index in [1.807, 2.05) is 0 Å². The Hall–Kier alpha value is -1.10. The van der Waals surface area contributed by atoms with Crippen LogP contribution in [0.2, 0.25) is 0 Å². The second kappa shape index (κ2) is 4.06. The highest BCUT2D eigenvalue weighted by Crippen LogP contribution is 2.00. The number of carbonyl (C=O) groups excluding carboxylic acids is 1. The van der Waals surface area contributed by atoms with Crippen LogP contribution in [-0.2, 0) is 14.3 Å². The van der Waals surface area contributed by atoms with Crippen molar-refractivity contribution in [2.24, 2.45) is 0 Å². The molecule has 0 atom stereocenters. The van der Waals surface area contributed by atoms with Gasteiger partial charge >= 0.3 is 11.9 Å². The summed E-state index contributed by atoms with van der Waals surface area (Å²) in [4.78, 5) is 21.1. The number of rotatable bonds is 4. The third kappa shape index (κ3) is 3.34. The average Bonchev–Trinajstić information content (AvgIpc) is 2.00. The number of carbonyl (C=O) groups is 2. The van der Waals surface area contributed by atoms with Crippen LogP contribution in [-0.4, -0.2) is 36.2 Å². The topological polar surface area (TPSA) is 75.6 Å². The SMILES string of the molecule is COC(=O)CNC(C)(C)C(=O)O. The number of esters is 1. The van der Waals surface area contributed by atoms with Crippen LogP contribution >= 0.6 is 0 Å². The van der Waals surface area contributed by atoms with Gasteiger partial charge < -0.3 is 9.84 Å². The third-order valence-corrected chi connectivity index (χ3v) is 1.44. The number of carboxylic acid groups (broad SMARTS) is 1. The van der Waals surface area contributed by atoms with E-state index in [9.17, 15) is 9.59 Å². The van der Waals surface area contributed by atoms with Crippen molar-refractivity contribution in [1.29, 1.82) is 0 Å². The van der Waals surface area contributed by atoms with Gasteiger partial charge in [0.25, 0.3) is 0 Å². The fourth-order valence-electron chi connectivity index (χ4n) is 0.441. The molecule has 0 heterocycles. The Bertz CT molecular complexity index is 188. The minimum atomic E-state index is -1.10. The Morgan fingerprint density at radius 2 is 2.00 bits per heavy atom. The quantitative estimate of drug-likeness (QED) is 0.569. The third-order valence-electron chi connectivity index (χ3n) is 1.44. The Morgan fingerprint density at radius 3 is 2.33 bits per heavy atom. The Labute approximate surface area is 70.7 Å². The highest BCUT2D eigenvalue weighted by atomic mass is 16.5. The summed E-state index contributed by atoms with van der Waals surface area (Å²) in [5, 5.41) is 11.1. The lowest BCUT2D eigenvalue weighted by Crippen LogP contribution is -2.48. The maximum absolute atomic E-state index is 10.6. The fraction of sp³-hybridized carbons (Fsp3) is 0.714. The first-order valence-corrected chi connectivity index (χ1v) is 3.45. The van der Waals surface area contributed by atoms with Gasteiger partial charge in [-0.05, 0) is 13.8 Å². The molecule has 0 aromatic heterocycles.